The van der Waals surface area contributed by atoms with Gasteiger partial charge in [0.05, 0.1) is 20.1 Å². The summed E-state index contributed by atoms with van der Waals surface area (Å²) in [6, 6.07) is 7.38. The topological polar surface area (TPSA) is 52.6 Å². The van der Waals surface area contributed by atoms with Crippen LogP contribution in [-0.2, 0) is 14.3 Å². The summed E-state index contributed by atoms with van der Waals surface area (Å²) in [7, 11) is 1.59. The van der Waals surface area contributed by atoms with Gasteiger partial charge in [-0.05, 0) is 30.7 Å². The van der Waals surface area contributed by atoms with Crippen molar-refractivity contribution in [1.82, 2.24) is 0 Å². The van der Waals surface area contributed by atoms with E-state index in [-0.39, 0.29) is 24.6 Å². The van der Waals surface area contributed by atoms with Crippen molar-refractivity contribution >= 4 is 17.8 Å². The zero-order valence-corrected chi connectivity index (χ0v) is 11.2. The molecule has 1 aromatic carbocycles. The number of benzene rings is 1. The SMILES string of the molecule is CCOC(=O)CCC(=O)C=Cc1cccc(OC)c1. The van der Waals surface area contributed by atoms with Gasteiger partial charge in [-0.3, -0.25) is 9.59 Å². The minimum absolute atomic E-state index is 0.101. The van der Waals surface area contributed by atoms with E-state index in [4.69, 9.17) is 9.47 Å². The Kier molecular flexibility index (Phi) is 6.36. The van der Waals surface area contributed by atoms with Crippen molar-refractivity contribution in [1.29, 1.82) is 0 Å². The summed E-state index contributed by atoms with van der Waals surface area (Å²) >= 11 is 0. The third kappa shape index (κ3) is 5.86. The molecule has 0 aliphatic rings. The molecule has 0 radical (unpaired) electrons. The molecule has 0 atom stereocenters. The van der Waals surface area contributed by atoms with Crippen LogP contribution >= 0.6 is 0 Å². The largest absolute Gasteiger partial charge is 0.497 e. The van der Waals surface area contributed by atoms with Crippen LogP contribution in [0.5, 0.6) is 5.75 Å². The van der Waals surface area contributed by atoms with E-state index in [9.17, 15) is 9.59 Å². The second kappa shape index (κ2) is 8.08. The number of rotatable bonds is 7. The van der Waals surface area contributed by atoms with E-state index in [2.05, 4.69) is 0 Å². The molecule has 0 unspecified atom stereocenters. The van der Waals surface area contributed by atoms with E-state index in [0.717, 1.165) is 11.3 Å². The average Bonchev–Trinajstić information content (AvgIpc) is 2.43. The fourth-order valence-electron chi connectivity index (χ4n) is 1.48. The molecule has 0 spiro atoms. The Morgan fingerprint density at radius 1 is 1.26 bits per heavy atom. The highest BCUT2D eigenvalue weighted by atomic mass is 16.5. The number of allylic oxidation sites excluding steroid dienone is 1. The van der Waals surface area contributed by atoms with Gasteiger partial charge in [-0.2, -0.15) is 0 Å². The zero-order valence-electron chi connectivity index (χ0n) is 11.2. The van der Waals surface area contributed by atoms with E-state index in [0.29, 0.717) is 6.61 Å². The van der Waals surface area contributed by atoms with Gasteiger partial charge in [0.2, 0.25) is 0 Å². The van der Waals surface area contributed by atoms with Crippen molar-refractivity contribution in [3.63, 3.8) is 0 Å². The Bertz CT molecular complexity index is 463. The van der Waals surface area contributed by atoms with Gasteiger partial charge in [-0.15, -0.1) is 0 Å². The van der Waals surface area contributed by atoms with Crippen molar-refractivity contribution in [3.8, 4) is 5.75 Å². The lowest BCUT2D eigenvalue weighted by Crippen LogP contribution is -2.06. The summed E-state index contributed by atoms with van der Waals surface area (Å²) < 4.78 is 9.84. The first kappa shape index (κ1) is 15.0. The molecule has 0 aliphatic carbocycles. The third-order valence-electron chi connectivity index (χ3n) is 2.44. The molecule has 19 heavy (non-hydrogen) atoms. The van der Waals surface area contributed by atoms with E-state index >= 15 is 0 Å². The Hall–Kier alpha value is -2.10. The van der Waals surface area contributed by atoms with Gasteiger partial charge in [0.15, 0.2) is 5.78 Å². The molecule has 102 valence electrons. The van der Waals surface area contributed by atoms with Crippen LogP contribution in [0.3, 0.4) is 0 Å². The van der Waals surface area contributed by atoms with Crippen LogP contribution in [0.2, 0.25) is 0 Å². The van der Waals surface area contributed by atoms with E-state index in [1.165, 1.54) is 6.08 Å². The molecule has 0 bridgehead atoms. The molecule has 4 heteroatoms. The lowest BCUT2D eigenvalue weighted by molar-refractivity contribution is -0.144. The molecule has 0 aromatic heterocycles. The molecule has 0 amide bonds. The molecule has 1 aromatic rings. The average molecular weight is 262 g/mol. The maximum absolute atomic E-state index is 11.6. The summed E-state index contributed by atoms with van der Waals surface area (Å²) in [5, 5.41) is 0. The van der Waals surface area contributed by atoms with Gasteiger partial charge in [0.25, 0.3) is 0 Å². The Morgan fingerprint density at radius 2 is 2.05 bits per heavy atom. The predicted octanol–water partition coefficient (Wildman–Crippen LogP) is 2.62. The van der Waals surface area contributed by atoms with Crippen LogP contribution in [0.1, 0.15) is 25.3 Å². The minimum Gasteiger partial charge on any atom is -0.497 e. The Morgan fingerprint density at radius 3 is 2.74 bits per heavy atom. The van der Waals surface area contributed by atoms with E-state index < -0.39 is 0 Å². The molecule has 0 saturated carbocycles. The highest BCUT2D eigenvalue weighted by Crippen LogP contribution is 2.13. The van der Waals surface area contributed by atoms with E-state index in [1.807, 2.05) is 24.3 Å². The first-order chi connectivity index (χ1) is 9.15. The number of hydrogen-bond acceptors (Lipinski definition) is 4. The maximum atomic E-state index is 11.6. The fraction of sp³-hybridized carbons (Fsp3) is 0.333. The second-order valence-electron chi connectivity index (χ2n) is 3.88. The van der Waals surface area contributed by atoms with Crippen molar-refractivity contribution in [3.05, 3.63) is 35.9 Å². The number of methoxy groups -OCH3 is 1. The standard InChI is InChI=1S/C15H18O4/c1-3-19-15(17)10-9-13(16)8-7-12-5-4-6-14(11-12)18-2/h4-8,11H,3,9-10H2,1-2H3. The molecular formula is C15H18O4. The number of esters is 1. The van der Waals surface area contributed by atoms with Crippen molar-refractivity contribution in [2.45, 2.75) is 19.8 Å². The highest BCUT2D eigenvalue weighted by molar-refractivity contribution is 5.95. The first-order valence-corrected chi connectivity index (χ1v) is 6.16. The summed E-state index contributed by atoms with van der Waals surface area (Å²) in [6.07, 6.45) is 3.46. The van der Waals surface area contributed by atoms with Crippen molar-refractivity contribution in [2.24, 2.45) is 0 Å². The van der Waals surface area contributed by atoms with Gasteiger partial charge in [0, 0.05) is 6.42 Å². The first-order valence-electron chi connectivity index (χ1n) is 6.16. The summed E-state index contributed by atoms with van der Waals surface area (Å²) in [4.78, 5) is 22.6. The second-order valence-corrected chi connectivity index (χ2v) is 3.88. The van der Waals surface area contributed by atoms with Crippen molar-refractivity contribution in [2.75, 3.05) is 13.7 Å². The number of carbonyl (C=O) groups is 2. The number of ether oxygens (including phenoxy) is 2. The molecule has 0 fully saturated rings. The molecule has 1 rings (SSSR count). The van der Waals surface area contributed by atoms with Crippen LogP contribution in [0.4, 0.5) is 0 Å². The lowest BCUT2D eigenvalue weighted by Gasteiger charge is -2.00. The highest BCUT2D eigenvalue weighted by Gasteiger charge is 2.04. The van der Waals surface area contributed by atoms with Crippen LogP contribution in [0.25, 0.3) is 6.08 Å². The predicted molar refractivity (Wildman–Crippen MR) is 72.9 cm³/mol. The summed E-state index contributed by atoms with van der Waals surface area (Å²) in [6.45, 7) is 2.08. The molecule has 0 saturated heterocycles. The molecule has 0 heterocycles. The minimum atomic E-state index is -0.342. The molecule has 0 aliphatic heterocycles. The number of hydrogen-bond donors (Lipinski definition) is 0. The molecule has 4 nitrogen and oxygen atoms in total. The Labute approximate surface area is 113 Å². The monoisotopic (exact) mass is 262 g/mol. The zero-order chi connectivity index (χ0) is 14.1. The fourth-order valence-corrected chi connectivity index (χ4v) is 1.48. The normalized spacial score (nSPS) is 10.4. The number of ketones is 1. The van der Waals surface area contributed by atoms with Gasteiger partial charge < -0.3 is 9.47 Å². The Balaban J connectivity index is 2.47. The number of carbonyl (C=O) groups excluding carboxylic acids is 2. The smallest absolute Gasteiger partial charge is 0.306 e. The van der Waals surface area contributed by atoms with Crippen LogP contribution in [0, 0.1) is 0 Å². The lowest BCUT2D eigenvalue weighted by atomic mass is 10.1. The summed E-state index contributed by atoms with van der Waals surface area (Å²) in [5.41, 5.74) is 0.879. The molecule has 0 N–H and O–H groups in total. The van der Waals surface area contributed by atoms with Crippen LogP contribution in [-0.4, -0.2) is 25.5 Å². The van der Waals surface area contributed by atoms with Crippen molar-refractivity contribution < 1.29 is 19.1 Å². The summed E-state index contributed by atoms with van der Waals surface area (Å²) in [5.74, 6) is 0.294. The maximum Gasteiger partial charge on any atom is 0.306 e. The molecular weight excluding hydrogens is 244 g/mol. The quantitative estimate of drug-likeness (QED) is 0.560. The van der Waals surface area contributed by atoms with Gasteiger partial charge in [0.1, 0.15) is 5.75 Å². The van der Waals surface area contributed by atoms with E-state index in [1.54, 1.807) is 20.1 Å². The third-order valence-corrected chi connectivity index (χ3v) is 2.44. The van der Waals surface area contributed by atoms with Crippen LogP contribution < -0.4 is 4.74 Å². The van der Waals surface area contributed by atoms with Crippen LogP contribution in [0.15, 0.2) is 30.3 Å². The van der Waals surface area contributed by atoms with Gasteiger partial charge >= 0.3 is 5.97 Å². The van der Waals surface area contributed by atoms with Gasteiger partial charge in [-0.1, -0.05) is 18.2 Å². The van der Waals surface area contributed by atoms with Gasteiger partial charge in [-0.25, -0.2) is 0 Å².